The maximum Gasteiger partial charge on any atom is 0.191 e. The van der Waals surface area contributed by atoms with E-state index in [9.17, 15) is 0 Å². The molecule has 22 heavy (non-hydrogen) atoms. The predicted molar refractivity (Wildman–Crippen MR) is 102 cm³/mol. The Morgan fingerprint density at radius 3 is 2.68 bits per heavy atom. The minimum Gasteiger partial charge on any atom is -0.383 e. The molecule has 132 valence electrons. The zero-order chi connectivity index (χ0) is 15.3. The lowest BCUT2D eigenvalue weighted by molar-refractivity contribution is 0.0373. The number of guanidine groups is 1. The Balaban J connectivity index is 0.00000441. The maximum absolute atomic E-state index is 5.35. The summed E-state index contributed by atoms with van der Waals surface area (Å²) in [5, 5.41) is 6.61. The summed E-state index contributed by atoms with van der Waals surface area (Å²) < 4.78 is 10.5. The highest BCUT2D eigenvalue weighted by Crippen LogP contribution is 2.00. The molecule has 7 heteroatoms. The molecule has 0 aromatic heterocycles. The van der Waals surface area contributed by atoms with Gasteiger partial charge in [-0.1, -0.05) is 0 Å². The van der Waals surface area contributed by atoms with Crippen molar-refractivity contribution in [1.29, 1.82) is 0 Å². The zero-order valence-corrected chi connectivity index (χ0v) is 16.6. The number of ether oxygens (including phenoxy) is 2. The fourth-order valence-electron chi connectivity index (χ4n) is 2.31. The Labute approximate surface area is 152 Å². The van der Waals surface area contributed by atoms with E-state index in [4.69, 9.17) is 9.47 Å². The molecule has 1 rings (SSSR count). The minimum atomic E-state index is 0. The Kier molecular flexibility index (Phi) is 14.4. The molecule has 0 amide bonds. The molecule has 1 aliphatic heterocycles. The smallest absolute Gasteiger partial charge is 0.191 e. The van der Waals surface area contributed by atoms with Crippen molar-refractivity contribution >= 4 is 29.9 Å². The molecule has 2 N–H and O–H groups in total. The van der Waals surface area contributed by atoms with Crippen molar-refractivity contribution in [1.82, 2.24) is 15.5 Å². The molecule has 1 saturated heterocycles. The first-order chi connectivity index (χ1) is 10.3. The van der Waals surface area contributed by atoms with E-state index in [-0.39, 0.29) is 30.0 Å². The Bertz CT molecular complexity index is 287. The van der Waals surface area contributed by atoms with Crippen molar-refractivity contribution in [2.75, 3.05) is 59.7 Å². The van der Waals surface area contributed by atoms with Crippen LogP contribution in [0.25, 0.3) is 0 Å². The second-order valence-corrected chi connectivity index (χ2v) is 5.42. The molecule has 0 radical (unpaired) electrons. The van der Waals surface area contributed by atoms with E-state index in [1.165, 1.54) is 6.42 Å². The van der Waals surface area contributed by atoms with Gasteiger partial charge in [0.15, 0.2) is 5.96 Å². The van der Waals surface area contributed by atoms with Crippen molar-refractivity contribution in [3.05, 3.63) is 0 Å². The molecule has 1 heterocycles. The van der Waals surface area contributed by atoms with Gasteiger partial charge < -0.3 is 20.1 Å². The Hall–Kier alpha value is -0.120. The van der Waals surface area contributed by atoms with Crippen LogP contribution in [0, 0.1) is 0 Å². The SMILES string of the molecule is CCNC(=NCCCCN1CCOCC1)NC(C)COC.I. The lowest BCUT2D eigenvalue weighted by Crippen LogP contribution is -2.44. The van der Waals surface area contributed by atoms with Gasteiger partial charge in [0, 0.05) is 39.3 Å². The first kappa shape index (κ1) is 21.9. The summed E-state index contributed by atoms with van der Waals surface area (Å²) in [5.74, 6) is 0.883. The van der Waals surface area contributed by atoms with Crippen LogP contribution in [0.15, 0.2) is 4.99 Å². The summed E-state index contributed by atoms with van der Waals surface area (Å²) in [7, 11) is 1.72. The lowest BCUT2D eigenvalue weighted by atomic mass is 10.3. The van der Waals surface area contributed by atoms with E-state index in [1.54, 1.807) is 7.11 Å². The average Bonchev–Trinajstić information content (AvgIpc) is 2.48. The van der Waals surface area contributed by atoms with E-state index in [1.807, 2.05) is 0 Å². The summed E-state index contributed by atoms with van der Waals surface area (Å²) in [4.78, 5) is 7.08. The van der Waals surface area contributed by atoms with Crippen LogP contribution in [0.4, 0.5) is 0 Å². The van der Waals surface area contributed by atoms with Crippen LogP contribution in [0.1, 0.15) is 26.7 Å². The molecule has 0 aromatic rings. The van der Waals surface area contributed by atoms with Gasteiger partial charge in [0.2, 0.25) is 0 Å². The second kappa shape index (κ2) is 14.5. The third-order valence-electron chi connectivity index (χ3n) is 3.40. The number of rotatable bonds is 9. The zero-order valence-electron chi connectivity index (χ0n) is 14.3. The normalized spacial score (nSPS) is 17.7. The van der Waals surface area contributed by atoms with E-state index in [0.29, 0.717) is 6.61 Å². The van der Waals surface area contributed by atoms with Crippen molar-refractivity contribution in [3.8, 4) is 0 Å². The summed E-state index contributed by atoms with van der Waals surface area (Å²) in [6.07, 6.45) is 2.31. The van der Waals surface area contributed by atoms with Crippen LogP contribution in [-0.2, 0) is 9.47 Å². The van der Waals surface area contributed by atoms with Gasteiger partial charge in [-0.3, -0.25) is 9.89 Å². The first-order valence-corrected chi connectivity index (χ1v) is 8.10. The Morgan fingerprint density at radius 2 is 2.05 bits per heavy atom. The first-order valence-electron chi connectivity index (χ1n) is 8.10. The highest BCUT2D eigenvalue weighted by atomic mass is 127. The highest BCUT2D eigenvalue weighted by Gasteiger charge is 2.09. The summed E-state index contributed by atoms with van der Waals surface area (Å²) in [5.41, 5.74) is 0. The molecule has 1 aliphatic rings. The van der Waals surface area contributed by atoms with Gasteiger partial charge in [0.1, 0.15) is 0 Å². The summed E-state index contributed by atoms with van der Waals surface area (Å²) in [6, 6.07) is 0.265. The van der Waals surface area contributed by atoms with E-state index in [2.05, 4.69) is 34.4 Å². The summed E-state index contributed by atoms with van der Waals surface area (Å²) >= 11 is 0. The number of morpholine rings is 1. The van der Waals surface area contributed by atoms with Crippen molar-refractivity contribution in [2.45, 2.75) is 32.7 Å². The number of hydrogen-bond acceptors (Lipinski definition) is 4. The van der Waals surface area contributed by atoms with E-state index in [0.717, 1.165) is 58.3 Å². The fraction of sp³-hybridized carbons (Fsp3) is 0.933. The van der Waals surface area contributed by atoms with Gasteiger partial charge in [-0.2, -0.15) is 0 Å². The molecular weight excluding hydrogens is 395 g/mol. The average molecular weight is 428 g/mol. The number of hydrogen-bond donors (Lipinski definition) is 2. The topological polar surface area (TPSA) is 58.1 Å². The molecule has 0 spiro atoms. The second-order valence-electron chi connectivity index (χ2n) is 5.42. The maximum atomic E-state index is 5.35. The number of halogens is 1. The van der Waals surface area contributed by atoms with Crippen molar-refractivity contribution in [3.63, 3.8) is 0 Å². The summed E-state index contributed by atoms with van der Waals surface area (Å²) in [6.45, 7) is 11.6. The number of nitrogens with zero attached hydrogens (tertiary/aromatic N) is 2. The van der Waals surface area contributed by atoms with Gasteiger partial charge in [-0.15, -0.1) is 24.0 Å². The molecule has 1 fully saturated rings. The van der Waals surface area contributed by atoms with Crippen LogP contribution in [0.5, 0.6) is 0 Å². The Morgan fingerprint density at radius 1 is 1.32 bits per heavy atom. The third kappa shape index (κ3) is 10.6. The largest absolute Gasteiger partial charge is 0.383 e. The lowest BCUT2D eigenvalue weighted by Gasteiger charge is -2.26. The molecule has 1 atom stereocenters. The minimum absolute atomic E-state index is 0. The van der Waals surface area contributed by atoms with Crippen LogP contribution in [0.2, 0.25) is 0 Å². The molecule has 0 bridgehead atoms. The van der Waals surface area contributed by atoms with Crippen molar-refractivity contribution < 1.29 is 9.47 Å². The van der Waals surface area contributed by atoms with E-state index >= 15 is 0 Å². The number of aliphatic imine (C=N–C) groups is 1. The third-order valence-corrected chi connectivity index (χ3v) is 3.40. The standard InChI is InChI=1S/C15H32N4O2.HI/c1-4-16-15(18-14(2)13-20-3)17-7-5-6-8-19-9-11-21-12-10-19;/h14H,4-13H2,1-3H3,(H2,16,17,18);1H. The monoisotopic (exact) mass is 428 g/mol. The predicted octanol–water partition coefficient (Wildman–Crippen LogP) is 1.31. The number of nitrogens with one attached hydrogen (secondary N) is 2. The molecule has 1 unspecified atom stereocenters. The van der Waals surface area contributed by atoms with Crippen LogP contribution in [-0.4, -0.2) is 76.6 Å². The number of methoxy groups -OCH3 is 1. The van der Waals surface area contributed by atoms with Crippen LogP contribution in [0.3, 0.4) is 0 Å². The molecule has 6 nitrogen and oxygen atoms in total. The molecule has 0 saturated carbocycles. The molecule has 0 aromatic carbocycles. The molecular formula is C15H33IN4O2. The number of unbranched alkanes of at least 4 members (excludes halogenated alkanes) is 1. The van der Waals surface area contributed by atoms with E-state index < -0.39 is 0 Å². The van der Waals surface area contributed by atoms with Gasteiger partial charge in [0.25, 0.3) is 0 Å². The van der Waals surface area contributed by atoms with Gasteiger partial charge in [-0.05, 0) is 33.2 Å². The van der Waals surface area contributed by atoms with Crippen LogP contribution >= 0.6 is 24.0 Å². The van der Waals surface area contributed by atoms with Gasteiger partial charge >= 0.3 is 0 Å². The van der Waals surface area contributed by atoms with Crippen LogP contribution < -0.4 is 10.6 Å². The van der Waals surface area contributed by atoms with Gasteiger partial charge in [-0.25, -0.2) is 0 Å². The fourth-order valence-corrected chi connectivity index (χ4v) is 2.31. The van der Waals surface area contributed by atoms with Gasteiger partial charge in [0.05, 0.1) is 19.8 Å². The quantitative estimate of drug-likeness (QED) is 0.251. The molecule has 0 aliphatic carbocycles. The van der Waals surface area contributed by atoms with Crippen molar-refractivity contribution in [2.24, 2.45) is 4.99 Å². The highest BCUT2D eigenvalue weighted by molar-refractivity contribution is 14.0.